The molecule has 3 nitrogen and oxygen atoms in total. The molecular weight excluding hydrogens is 238 g/mol. The molecule has 2 N–H and O–H groups in total. The van der Waals surface area contributed by atoms with Gasteiger partial charge in [-0.2, -0.15) is 0 Å². The van der Waals surface area contributed by atoms with Gasteiger partial charge in [-0.3, -0.25) is 0 Å². The van der Waals surface area contributed by atoms with Gasteiger partial charge in [-0.25, -0.2) is 0 Å². The molecule has 1 atom stereocenters. The fraction of sp³-hybridized carbons (Fsp3) is 1.00. The average Bonchev–Trinajstić information content (AvgIpc) is 2.88. The number of hydrogen-bond acceptors (Lipinski definition) is 3. The maximum Gasteiger partial charge on any atom is 0.0686 e. The number of rotatable bonds is 2. The number of nitrogens with one attached hydrogen (secondary N) is 1. The first-order valence-corrected chi connectivity index (χ1v) is 8.19. The third-order valence-electron chi connectivity index (χ3n) is 6.03. The van der Waals surface area contributed by atoms with Crippen LogP contribution in [-0.4, -0.2) is 36.0 Å². The van der Waals surface area contributed by atoms with Crippen molar-refractivity contribution in [3.05, 3.63) is 0 Å². The Morgan fingerprint density at radius 3 is 2.37 bits per heavy atom. The molecule has 1 heterocycles. The molecule has 1 unspecified atom stereocenters. The van der Waals surface area contributed by atoms with Gasteiger partial charge in [0.15, 0.2) is 0 Å². The zero-order chi connectivity index (χ0) is 13.3. The van der Waals surface area contributed by atoms with Gasteiger partial charge >= 0.3 is 0 Å². The van der Waals surface area contributed by atoms with Crippen molar-refractivity contribution in [2.75, 3.05) is 13.7 Å². The highest BCUT2D eigenvalue weighted by Gasteiger charge is 2.47. The molecule has 3 rings (SSSR count). The molecule has 0 aromatic rings. The summed E-state index contributed by atoms with van der Waals surface area (Å²) in [6.45, 7) is 0.864. The fourth-order valence-electron chi connectivity index (χ4n) is 4.67. The third kappa shape index (κ3) is 2.70. The minimum Gasteiger partial charge on any atom is -0.390 e. The van der Waals surface area contributed by atoms with Crippen LogP contribution in [0.3, 0.4) is 0 Å². The van der Waals surface area contributed by atoms with Crippen LogP contribution in [-0.2, 0) is 4.74 Å². The van der Waals surface area contributed by atoms with Crippen LogP contribution < -0.4 is 5.32 Å². The van der Waals surface area contributed by atoms with E-state index >= 15 is 0 Å². The van der Waals surface area contributed by atoms with Crippen LogP contribution in [0, 0.1) is 5.92 Å². The standard InChI is InChI=1S/C16H29NO2/c1-17-14-4-9-16(18,10-5-14)13-6-11-19-15(12-13)7-2-3-8-15/h13-14,17-18H,2-12H2,1H3. The summed E-state index contributed by atoms with van der Waals surface area (Å²) in [6.07, 6.45) is 11.4. The van der Waals surface area contributed by atoms with Crippen LogP contribution in [0.5, 0.6) is 0 Å². The lowest BCUT2D eigenvalue weighted by atomic mass is 9.68. The Kier molecular flexibility index (Phi) is 3.89. The van der Waals surface area contributed by atoms with Crippen LogP contribution in [0.4, 0.5) is 0 Å². The Hall–Kier alpha value is -0.120. The van der Waals surface area contributed by atoms with Crippen molar-refractivity contribution in [1.82, 2.24) is 5.32 Å². The van der Waals surface area contributed by atoms with Crippen molar-refractivity contribution in [3.8, 4) is 0 Å². The first kappa shape index (κ1) is 13.8. The lowest BCUT2D eigenvalue weighted by Gasteiger charge is -2.48. The Morgan fingerprint density at radius 1 is 1.05 bits per heavy atom. The summed E-state index contributed by atoms with van der Waals surface area (Å²) < 4.78 is 6.11. The molecule has 0 bridgehead atoms. The zero-order valence-electron chi connectivity index (χ0n) is 12.3. The van der Waals surface area contributed by atoms with Gasteiger partial charge in [-0.05, 0) is 64.3 Å². The molecule has 2 saturated carbocycles. The molecule has 110 valence electrons. The van der Waals surface area contributed by atoms with Crippen LogP contribution in [0.15, 0.2) is 0 Å². The molecule has 1 aliphatic heterocycles. The monoisotopic (exact) mass is 267 g/mol. The Bertz CT molecular complexity index is 304. The molecule has 3 fully saturated rings. The Balaban J connectivity index is 1.64. The van der Waals surface area contributed by atoms with Crippen molar-refractivity contribution < 1.29 is 9.84 Å². The van der Waals surface area contributed by atoms with E-state index in [9.17, 15) is 5.11 Å². The van der Waals surface area contributed by atoms with Crippen molar-refractivity contribution in [2.24, 2.45) is 5.92 Å². The van der Waals surface area contributed by atoms with Gasteiger partial charge < -0.3 is 15.2 Å². The zero-order valence-corrected chi connectivity index (χ0v) is 12.3. The second-order valence-corrected chi connectivity index (χ2v) is 7.09. The maximum absolute atomic E-state index is 11.1. The van der Waals surface area contributed by atoms with Crippen molar-refractivity contribution in [1.29, 1.82) is 0 Å². The molecule has 1 saturated heterocycles. The molecule has 2 aliphatic carbocycles. The second-order valence-electron chi connectivity index (χ2n) is 7.09. The number of hydrogen-bond donors (Lipinski definition) is 2. The fourth-order valence-corrected chi connectivity index (χ4v) is 4.67. The third-order valence-corrected chi connectivity index (χ3v) is 6.03. The smallest absolute Gasteiger partial charge is 0.0686 e. The predicted molar refractivity (Wildman–Crippen MR) is 76.1 cm³/mol. The summed E-state index contributed by atoms with van der Waals surface area (Å²) in [7, 11) is 2.04. The average molecular weight is 267 g/mol. The van der Waals surface area contributed by atoms with Gasteiger partial charge in [0.1, 0.15) is 0 Å². The minimum atomic E-state index is -0.410. The molecule has 3 aliphatic rings. The second kappa shape index (κ2) is 5.34. The summed E-state index contributed by atoms with van der Waals surface area (Å²) >= 11 is 0. The van der Waals surface area contributed by atoms with Gasteiger partial charge in [-0.15, -0.1) is 0 Å². The summed E-state index contributed by atoms with van der Waals surface area (Å²) in [5.41, 5.74) is -0.273. The highest BCUT2D eigenvalue weighted by Crippen LogP contribution is 2.48. The first-order chi connectivity index (χ1) is 9.16. The normalized spacial score (nSPS) is 42.6. The molecule has 0 aromatic heterocycles. The van der Waals surface area contributed by atoms with E-state index in [0.717, 1.165) is 45.1 Å². The molecule has 3 heteroatoms. The van der Waals surface area contributed by atoms with Crippen LogP contribution in [0.2, 0.25) is 0 Å². The van der Waals surface area contributed by atoms with E-state index in [4.69, 9.17) is 4.74 Å². The SMILES string of the molecule is CNC1CCC(O)(C2CCOC3(CCCC3)C2)CC1. The van der Waals surface area contributed by atoms with E-state index in [1.54, 1.807) is 0 Å². The molecule has 0 radical (unpaired) electrons. The van der Waals surface area contributed by atoms with E-state index in [0.29, 0.717) is 12.0 Å². The topological polar surface area (TPSA) is 41.5 Å². The highest BCUT2D eigenvalue weighted by atomic mass is 16.5. The van der Waals surface area contributed by atoms with Crippen molar-refractivity contribution in [3.63, 3.8) is 0 Å². The van der Waals surface area contributed by atoms with Gasteiger partial charge in [0.2, 0.25) is 0 Å². The van der Waals surface area contributed by atoms with Gasteiger partial charge in [0.05, 0.1) is 11.2 Å². The Morgan fingerprint density at radius 2 is 1.74 bits per heavy atom. The molecule has 1 spiro atoms. The van der Waals surface area contributed by atoms with Gasteiger partial charge in [0.25, 0.3) is 0 Å². The van der Waals surface area contributed by atoms with Crippen LogP contribution in [0.25, 0.3) is 0 Å². The van der Waals surface area contributed by atoms with E-state index in [1.807, 2.05) is 7.05 Å². The molecule has 19 heavy (non-hydrogen) atoms. The van der Waals surface area contributed by atoms with Crippen LogP contribution in [0.1, 0.15) is 64.2 Å². The van der Waals surface area contributed by atoms with Crippen LogP contribution >= 0.6 is 0 Å². The maximum atomic E-state index is 11.1. The number of aliphatic hydroxyl groups is 1. The highest BCUT2D eigenvalue weighted by molar-refractivity contribution is 5.00. The summed E-state index contributed by atoms with van der Waals surface area (Å²) in [5, 5.41) is 14.4. The summed E-state index contributed by atoms with van der Waals surface area (Å²) in [5.74, 6) is 0.470. The summed E-state index contributed by atoms with van der Waals surface area (Å²) in [4.78, 5) is 0. The van der Waals surface area contributed by atoms with Gasteiger partial charge in [0, 0.05) is 12.6 Å². The molecular formula is C16H29NO2. The van der Waals surface area contributed by atoms with E-state index < -0.39 is 5.60 Å². The predicted octanol–water partition coefficient (Wildman–Crippen LogP) is 2.62. The van der Waals surface area contributed by atoms with E-state index in [2.05, 4.69) is 5.32 Å². The summed E-state index contributed by atoms with van der Waals surface area (Å²) in [6, 6.07) is 0.612. The van der Waals surface area contributed by atoms with Gasteiger partial charge in [-0.1, -0.05) is 12.8 Å². The van der Waals surface area contributed by atoms with E-state index in [-0.39, 0.29) is 5.60 Å². The molecule has 0 amide bonds. The first-order valence-electron chi connectivity index (χ1n) is 8.19. The quantitative estimate of drug-likeness (QED) is 0.808. The minimum absolute atomic E-state index is 0.137. The molecule has 0 aromatic carbocycles. The Labute approximate surface area is 117 Å². The lowest BCUT2D eigenvalue weighted by molar-refractivity contribution is -0.150. The van der Waals surface area contributed by atoms with E-state index in [1.165, 1.54) is 25.7 Å². The van der Waals surface area contributed by atoms with Crippen molar-refractivity contribution in [2.45, 2.75) is 81.5 Å². The lowest BCUT2D eigenvalue weighted by Crippen LogP contribution is -2.50. The van der Waals surface area contributed by atoms with Crippen molar-refractivity contribution >= 4 is 0 Å². The largest absolute Gasteiger partial charge is 0.390 e. The number of ether oxygens (including phenoxy) is 1.